The van der Waals surface area contributed by atoms with Gasteiger partial charge in [-0.25, -0.2) is 4.39 Å². The first-order valence-corrected chi connectivity index (χ1v) is 7.19. The molecular weight excluding hydrogens is 225 g/mol. The zero-order chi connectivity index (χ0) is 13.4. The van der Waals surface area contributed by atoms with Crippen molar-refractivity contribution in [3.05, 3.63) is 35.6 Å². The molecule has 1 aromatic rings. The molecule has 0 saturated carbocycles. The van der Waals surface area contributed by atoms with Gasteiger partial charge in [-0.1, -0.05) is 51.3 Å². The van der Waals surface area contributed by atoms with Gasteiger partial charge in [-0.15, -0.1) is 0 Å². The Morgan fingerprint density at radius 3 is 2.44 bits per heavy atom. The monoisotopic (exact) mass is 251 g/mol. The molecular formula is C16H26FN. The summed E-state index contributed by atoms with van der Waals surface area (Å²) in [6, 6.07) is 7.64. The number of unbranched alkanes of at least 4 members (excludes halogenated alkanes) is 1. The van der Waals surface area contributed by atoms with Crippen molar-refractivity contribution in [3.63, 3.8) is 0 Å². The summed E-state index contributed by atoms with van der Waals surface area (Å²) in [6.45, 7) is 6.46. The molecule has 1 aromatic carbocycles. The number of nitrogens with one attached hydrogen (secondary N) is 1. The minimum Gasteiger partial charge on any atom is -0.307 e. The van der Waals surface area contributed by atoms with Crippen LogP contribution in [-0.2, 0) is 0 Å². The summed E-state index contributed by atoms with van der Waals surface area (Å²) in [7, 11) is 0. The molecule has 0 amide bonds. The van der Waals surface area contributed by atoms with Crippen molar-refractivity contribution < 1.29 is 4.39 Å². The normalized spacial score (nSPS) is 14.4. The minimum atomic E-state index is -0.108. The molecule has 2 unspecified atom stereocenters. The van der Waals surface area contributed by atoms with Gasteiger partial charge in [-0.2, -0.15) is 0 Å². The Morgan fingerprint density at radius 2 is 1.83 bits per heavy atom. The van der Waals surface area contributed by atoms with Crippen molar-refractivity contribution in [2.75, 3.05) is 0 Å². The highest BCUT2D eigenvalue weighted by molar-refractivity contribution is 5.20. The van der Waals surface area contributed by atoms with Gasteiger partial charge in [0.2, 0.25) is 0 Å². The van der Waals surface area contributed by atoms with E-state index >= 15 is 0 Å². The van der Waals surface area contributed by atoms with Gasteiger partial charge < -0.3 is 5.32 Å². The number of benzene rings is 1. The van der Waals surface area contributed by atoms with E-state index in [1.54, 1.807) is 6.07 Å². The van der Waals surface area contributed by atoms with Crippen LogP contribution in [0.3, 0.4) is 0 Å². The number of rotatable bonds is 8. The summed E-state index contributed by atoms with van der Waals surface area (Å²) >= 11 is 0. The van der Waals surface area contributed by atoms with Crippen molar-refractivity contribution in [1.29, 1.82) is 0 Å². The first-order chi connectivity index (χ1) is 8.69. The van der Waals surface area contributed by atoms with E-state index in [4.69, 9.17) is 0 Å². The Morgan fingerprint density at radius 1 is 1.11 bits per heavy atom. The highest BCUT2D eigenvalue weighted by Crippen LogP contribution is 2.19. The van der Waals surface area contributed by atoms with Crippen molar-refractivity contribution in [1.82, 2.24) is 5.32 Å². The van der Waals surface area contributed by atoms with Gasteiger partial charge in [-0.05, 0) is 25.8 Å². The van der Waals surface area contributed by atoms with Crippen LogP contribution in [0.5, 0.6) is 0 Å². The van der Waals surface area contributed by atoms with E-state index < -0.39 is 0 Å². The summed E-state index contributed by atoms with van der Waals surface area (Å²) in [5.41, 5.74) is 0.773. The first-order valence-electron chi connectivity index (χ1n) is 7.19. The largest absolute Gasteiger partial charge is 0.307 e. The van der Waals surface area contributed by atoms with Gasteiger partial charge in [0.1, 0.15) is 5.82 Å². The lowest BCUT2D eigenvalue weighted by Gasteiger charge is -2.23. The molecule has 2 atom stereocenters. The third-order valence-corrected chi connectivity index (χ3v) is 3.40. The molecule has 102 valence electrons. The summed E-state index contributed by atoms with van der Waals surface area (Å²) in [4.78, 5) is 0. The second kappa shape index (κ2) is 8.25. The van der Waals surface area contributed by atoms with E-state index in [-0.39, 0.29) is 11.9 Å². The Bertz CT molecular complexity index is 338. The number of halogens is 1. The van der Waals surface area contributed by atoms with Crippen LogP contribution in [-0.4, -0.2) is 6.04 Å². The van der Waals surface area contributed by atoms with Crippen LogP contribution in [0.4, 0.5) is 4.39 Å². The number of hydrogen-bond acceptors (Lipinski definition) is 1. The summed E-state index contributed by atoms with van der Waals surface area (Å²) in [5.74, 6) is -0.108. The van der Waals surface area contributed by atoms with Crippen molar-refractivity contribution in [3.8, 4) is 0 Å². The maximum absolute atomic E-state index is 13.7. The van der Waals surface area contributed by atoms with Crippen molar-refractivity contribution in [2.45, 2.75) is 65.0 Å². The van der Waals surface area contributed by atoms with E-state index in [2.05, 4.69) is 19.2 Å². The van der Waals surface area contributed by atoms with E-state index in [1.165, 1.54) is 38.2 Å². The van der Waals surface area contributed by atoms with E-state index in [0.29, 0.717) is 6.04 Å². The fourth-order valence-electron chi connectivity index (χ4n) is 2.38. The molecule has 2 heteroatoms. The average Bonchev–Trinajstić information content (AvgIpc) is 2.36. The molecule has 18 heavy (non-hydrogen) atoms. The minimum absolute atomic E-state index is 0.0830. The van der Waals surface area contributed by atoms with Gasteiger partial charge >= 0.3 is 0 Å². The lowest BCUT2D eigenvalue weighted by atomic mass is 10.0. The lowest BCUT2D eigenvalue weighted by Crippen LogP contribution is -2.31. The van der Waals surface area contributed by atoms with Crippen molar-refractivity contribution in [2.24, 2.45) is 0 Å². The van der Waals surface area contributed by atoms with E-state index in [1.807, 2.05) is 19.1 Å². The van der Waals surface area contributed by atoms with Gasteiger partial charge in [0.15, 0.2) is 0 Å². The summed E-state index contributed by atoms with van der Waals surface area (Å²) in [5, 5.41) is 3.57. The fraction of sp³-hybridized carbons (Fsp3) is 0.625. The van der Waals surface area contributed by atoms with Crippen LogP contribution in [0, 0.1) is 5.82 Å². The molecule has 0 heterocycles. The van der Waals surface area contributed by atoms with Crippen LogP contribution < -0.4 is 5.32 Å². The highest BCUT2D eigenvalue weighted by Gasteiger charge is 2.14. The molecule has 1 N–H and O–H groups in total. The predicted octanol–water partition coefficient (Wildman–Crippen LogP) is 4.84. The van der Waals surface area contributed by atoms with Crippen LogP contribution in [0.2, 0.25) is 0 Å². The van der Waals surface area contributed by atoms with Gasteiger partial charge in [0.25, 0.3) is 0 Å². The molecule has 0 saturated heterocycles. The van der Waals surface area contributed by atoms with Crippen LogP contribution in [0.25, 0.3) is 0 Å². The van der Waals surface area contributed by atoms with Gasteiger partial charge in [0.05, 0.1) is 0 Å². The molecule has 1 nitrogen and oxygen atoms in total. The van der Waals surface area contributed by atoms with Crippen molar-refractivity contribution >= 4 is 0 Å². The Hall–Kier alpha value is -0.890. The standard InChI is InChI=1S/C16H26FN/c1-4-6-10-14(9-5-2)18-13(3)15-11-7-8-12-16(15)17/h7-8,11-14,18H,4-6,9-10H2,1-3H3. The Labute approximate surface area is 111 Å². The molecule has 0 spiro atoms. The van der Waals surface area contributed by atoms with E-state index in [0.717, 1.165) is 5.56 Å². The van der Waals surface area contributed by atoms with Gasteiger partial charge in [0, 0.05) is 17.6 Å². The maximum atomic E-state index is 13.7. The molecule has 0 aliphatic carbocycles. The summed E-state index contributed by atoms with van der Waals surface area (Å²) < 4.78 is 13.7. The zero-order valence-corrected chi connectivity index (χ0v) is 11.9. The molecule has 0 bridgehead atoms. The van der Waals surface area contributed by atoms with E-state index in [9.17, 15) is 4.39 Å². The van der Waals surface area contributed by atoms with Crippen LogP contribution in [0.15, 0.2) is 24.3 Å². The molecule has 0 fully saturated rings. The SMILES string of the molecule is CCCCC(CCC)NC(C)c1ccccc1F. The molecule has 1 rings (SSSR count). The first kappa shape index (κ1) is 15.2. The molecule has 0 aliphatic heterocycles. The molecule has 0 aliphatic rings. The Kier molecular flexibility index (Phi) is 6.96. The fourth-order valence-corrected chi connectivity index (χ4v) is 2.38. The van der Waals surface area contributed by atoms with Gasteiger partial charge in [-0.3, -0.25) is 0 Å². The maximum Gasteiger partial charge on any atom is 0.127 e. The second-order valence-corrected chi connectivity index (χ2v) is 5.04. The zero-order valence-electron chi connectivity index (χ0n) is 11.9. The lowest BCUT2D eigenvalue weighted by molar-refractivity contribution is 0.389. The third kappa shape index (κ3) is 4.77. The summed E-state index contributed by atoms with van der Waals surface area (Å²) in [6.07, 6.45) is 5.98. The molecule has 0 radical (unpaired) electrons. The van der Waals surface area contributed by atoms with Crippen LogP contribution in [0.1, 0.15) is 64.5 Å². The number of hydrogen-bond donors (Lipinski definition) is 1. The topological polar surface area (TPSA) is 12.0 Å². The quantitative estimate of drug-likeness (QED) is 0.697. The smallest absolute Gasteiger partial charge is 0.127 e. The predicted molar refractivity (Wildman–Crippen MR) is 76.2 cm³/mol. The third-order valence-electron chi connectivity index (χ3n) is 3.40. The second-order valence-electron chi connectivity index (χ2n) is 5.04. The highest BCUT2D eigenvalue weighted by atomic mass is 19.1. The average molecular weight is 251 g/mol. The molecule has 0 aromatic heterocycles. The van der Waals surface area contributed by atoms with Crippen LogP contribution >= 0.6 is 0 Å². The Balaban J connectivity index is 2.60.